The Labute approximate surface area is 77.7 Å². The lowest BCUT2D eigenvalue weighted by atomic mass is 10.1. The quantitative estimate of drug-likeness (QED) is 0.463. The number of rotatable bonds is 2. The minimum absolute atomic E-state index is 0.106. The first-order valence-corrected chi connectivity index (χ1v) is 4.07. The van der Waals surface area contributed by atoms with E-state index in [0.29, 0.717) is 17.4 Å². The molecule has 2 nitrogen and oxygen atoms in total. The van der Waals surface area contributed by atoms with Crippen LogP contribution >= 0.6 is 22.6 Å². The molecule has 0 saturated heterocycles. The summed E-state index contributed by atoms with van der Waals surface area (Å²) < 4.78 is -0.106. The van der Waals surface area contributed by atoms with E-state index in [9.17, 15) is 9.59 Å². The highest BCUT2D eigenvalue weighted by molar-refractivity contribution is 14.1. The van der Waals surface area contributed by atoms with Gasteiger partial charge in [0.05, 0.1) is 0 Å². The summed E-state index contributed by atoms with van der Waals surface area (Å²) in [5.41, 5.74) is 0.926. The summed E-state index contributed by atoms with van der Waals surface area (Å²) in [6, 6.07) is 6.73. The third-order valence-electron chi connectivity index (χ3n) is 1.30. The van der Waals surface area contributed by atoms with Gasteiger partial charge < -0.3 is 0 Å². The van der Waals surface area contributed by atoms with E-state index in [1.165, 1.54) is 0 Å². The van der Waals surface area contributed by atoms with Crippen LogP contribution in [0.3, 0.4) is 0 Å². The van der Waals surface area contributed by atoms with Gasteiger partial charge in [0.25, 0.3) is 0 Å². The minimum atomic E-state index is -0.106. The van der Waals surface area contributed by atoms with Crippen LogP contribution in [-0.2, 0) is 0 Å². The molecular weight excluding hydrogens is 255 g/mol. The van der Waals surface area contributed by atoms with Crippen LogP contribution in [0.15, 0.2) is 24.3 Å². The Kier molecular flexibility index (Phi) is 2.76. The summed E-state index contributed by atoms with van der Waals surface area (Å²) in [4.78, 5) is 21.2. The van der Waals surface area contributed by atoms with Gasteiger partial charge in [-0.3, -0.25) is 9.59 Å². The highest BCUT2D eigenvalue weighted by Crippen LogP contribution is 2.10. The van der Waals surface area contributed by atoms with E-state index in [1.54, 1.807) is 46.9 Å². The zero-order valence-electron chi connectivity index (χ0n) is 5.58. The molecule has 0 aliphatic rings. The van der Waals surface area contributed by atoms with Gasteiger partial charge in [0.1, 0.15) is 0 Å². The van der Waals surface area contributed by atoms with Crippen LogP contribution in [0.2, 0.25) is 0 Å². The lowest BCUT2D eigenvalue weighted by molar-refractivity contribution is 0.108. The third-order valence-corrected chi connectivity index (χ3v) is 1.88. The fraction of sp³-hybridized carbons (Fsp3) is 0. The molecule has 0 radical (unpaired) electrons. The molecule has 0 saturated carbocycles. The summed E-state index contributed by atoms with van der Waals surface area (Å²) in [6.07, 6.45) is 0.686. The van der Waals surface area contributed by atoms with Crippen molar-refractivity contribution < 1.29 is 9.59 Å². The van der Waals surface area contributed by atoms with Crippen molar-refractivity contribution in [2.75, 3.05) is 0 Å². The molecule has 1 aromatic rings. The van der Waals surface area contributed by atoms with E-state index < -0.39 is 0 Å². The van der Waals surface area contributed by atoms with Crippen LogP contribution < -0.4 is 0 Å². The van der Waals surface area contributed by atoms with E-state index >= 15 is 0 Å². The molecule has 56 valence electrons. The van der Waals surface area contributed by atoms with Crippen LogP contribution in [0.5, 0.6) is 0 Å². The molecule has 0 N–H and O–H groups in total. The summed E-state index contributed by atoms with van der Waals surface area (Å²) in [6.45, 7) is 0. The topological polar surface area (TPSA) is 34.1 Å². The molecule has 0 amide bonds. The van der Waals surface area contributed by atoms with Gasteiger partial charge in [-0.1, -0.05) is 18.2 Å². The molecule has 0 fully saturated rings. The van der Waals surface area contributed by atoms with Gasteiger partial charge >= 0.3 is 0 Å². The highest BCUT2D eigenvalue weighted by Gasteiger charge is 2.04. The molecule has 0 atom stereocenters. The molecule has 0 aliphatic carbocycles. The molecular formula is C8H5IO2. The van der Waals surface area contributed by atoms with Crippen molar-refractivity contribution in [2.24, 2.45) is 0 Å². The predicted octanol–water partition coefficient (Wildman–Crippen LogP) is 2.07. The highest BCUT2D eigenvalue weighted by atomic mass is 127. The Balaban J connectivity index is 3.22. The van der Waals surface area contributed by atoms with Crippen LogP contribution in [0, 0.1) is 0 Å². The summed E-state index contributed by atoms with van der Waals surface area (Å²) in [5.74, 6) is 0. The summed E-state index contributed by atoms with van der Waals surface area (Å²) in [5, 5.41) is 0. The van der Waals surface area contributed by atoms with Crippen LogP contribution in [-0.4, -0.2) is 10.1 Å². The fourth-order valence-corrected chi connectivity index (χ4v) is 1.27. The molecule has 0 spiro atoms. The maximum Gasteiger partial charge on any atom is 0.223 e. The van der Waals surface area contributed by atoms with Gasteiger partial charge in [-0.2, -0.15) is 0 Å². The number of halogens is 1. The molecule has 0 unspecified atom stereocenters. The van der Waals surface area contributed by atoms with Crippen LogP contribution in [0.1, 0.15) is 20.7 Å². The van der Waals surface area contributed by atoms with Gasteiger partial charge in [0.2, 0.25) is 3.79 Å². The van der Waals surface area contributed by atoms with E-state index in [2.05, 4.69) is 0 Å². The van der Waals surface area contributed by atoms with E-state index in [-0.39, 0.29) is 3.79 Å². The van der Waals surface area contributed by atoms with Gasteiger partial charge in [-0.25, -0.2) is 0 Å². The average molecular weight is 260 g/mol. The molecule has 11 heavy (non-hydrogen) atoms. The van der Waals surface area contributed by atoms with E-state index in [4.69, 9.17) is 0 Å². The molecule has 1 rings (SSSR count). The zero-order chi connectivity index (χ0) is 8.27. The second-order valence-electron chi connectivity index (χ2n) is 1.98. The molecule has 0 bridgehead atoms. The SMILES string of the molecule is O=Cc1ccccc1C(=O)I. The van der Waals surface area contributed by atoms with Crippen molar-refractivity contribution in [3.05, 3.63) is 35.4 Å². The van der Waals surface area contributed by atoms with Gasteiger partial charge in [-0.15, -0.1) is 0 Å². The maximum atomic E-state index is 10.9. The normalized spacial score (nSPS) is 9.18. The summed E-state index contributed by atoms with van der Waals surface area (Å²) in [7, 11) is 0. The van der Waals surface area contributed by atoms with Crippen molar-refractivity contribution >= 4 is 32.7 Å². The largest absolute Gasteiger partial charge is 0.298 e. The molecule has 1 aromatic carbocycles. The van der Waals surface area contributed by atoms with Crippen molar-refractivity contribution in [2.45, 2.75) is 0 Å². The van der Waals surface area contributed by atoms with Crippen molar-refractivity contribution in [3.63, 3.8) is 0 Å². The first-order chi connectivity index (χ1) is 5.25. The number of hydrogen-bond acceptors (Lipinski definition) is 2. The number of carbonyl (C=O) groups is 2. The van der Waals surface area contributed by atoms with Gasteiger partial charge in [0.15, 0.2) is 6.29 Å². The standard InChI is InChI=1S/C8H5IO2/c9-8(11)7-4-2-1-3-6(7)5-10/h1-5H. The van der Waals surface area contributed by atoms with Crippen molar-refractivity contribution in [1.29, 1.82) is 0 Å². The van der Waals surface area contributed by atoms with E-state index in [1.807, 2.05) is 0 Å². The predicted molar refractivity (Wildman–Crippen MR) is 50.2 cm³/mol. The first kappa shape index (κ1) is 8.39. The second-order valence-corrected chi connectivity index (χ2v) is 2.96. The Bertz CT molecular complexity index is 294. The van der Waals surface area contributed by atoms with Gasteiger partial charge in [-0.05, 0) is 6.07 Å². The Morgan fingerprint density at radius 1 is 1.36 bits per heavy atom. The molecule has 3 heteroatoms. The minimum Gasteiger partial charge on any atom is -0.298 e. The second kappa shape index (κ2) is 3.61. The zero-order valence-corrected chi connectivity index (χ0v) is 7.74. The summed E-state index contributed by atoms with van der Waals surface area (Å²) >= 11 is 1.66. The Morgan fingerprint density at radius 2 is 2.00 bits per heavy atom. The first-order valence-electron chi connectivity index (χ1n) is 2.99. The van der Waals surface area contributed by atoms with Crippen LogP contribution in [0.25, 0.3) is 0 Å². The number of aldehydes is 1. The fourth-order valence-electron chi connectivity index (χ4n) is 0.779. The van der Waals surface area contributed by atoms with Crippen molar-refractivity contribution in [1.82, 2.24) is 0 Å². The molecule has 0 aromatic heterocycles. The number of benzene rings is 1. The van der Waals surface area contributed by atoms with Crippen molar-refractivity contribution in [3.8, 4) is 0 Å². The average Bonchev–Trinajstić information content (AvgIpc) is 2.04. The Hall–Kier alpha value is -0.710. The van der Waals surface area contributed by atoms with Crippen LogP contribution in [0.4, 0.5) is 0 Å². The lowest BCUT2D eigenvalue weighted by Crippen LogP contribution is -1.94. The molecule has 0 heterocycles. The Morgan fingerprint density at radius 3 is 2.45 bits per heavy atom. The third kappa shape index (κ3) is 1.86. The lowest BCUT2D eigenvalue weighted by Gasteiger charge is -1.95. The molecule has 0 aliphatic heterocycles. The van der Waals surface area contributed by atoms with E-state index in [0.717, 1.165) is 0 Å². The number of hydrogen-bond donors (Lipinski definition) is 0. The smallest absolute Gasteiger partial charge is 0.223 e. The monoisotopic (exact) mass is 260 g/mol. The van der Waals surface area contributed by atoms with Gasteiger partial charge in [0, 0.05) is 33.7 Å². The maximum absolute atomic E-state index is 10.9. The number of carbonyl (C=O) groups excluding carboxylic acids is 2.